The van der Waals surface area contributed by atoms with Crippen LogP contribution in [0.15, 0.2) is 59.4 Å². The summed E-state index contributed by atoms with van der Waals surface area (Å²) >= 11 is 5.97. The SMILES string of the molecule is C[C@@H](C(=O)Nc1ccc(F)cc1F)n1nc(-c2cccc(Cl)c2)ccc1=O. The number of nitrogens with one attached hydrogen (secondary N) is 1. The molecule has 1 amide bonds. The van der Waals surface area contributed by atoms with Crippen molar-refractivity contribution in [2.75, 3.05) is 5.32 Å². The van der Waals surface area contributed by atoms with Crippen LogP contribution in [0.25, 0.3) is 11.3 Å². The van der Waals surface area contributed by atoms with E-state index in [1.807, 2.05) is 0 Å². The lowest BCUT2D eigenvalue weighted by atomic mass is 10.1. The van der Waals surface area contributed by atoms with Crippen LogP contribution < -0.4 is 10.9 Å². The fourth-order valence-electron chi connectivity index (χ4n) is 2.44. The topological polar surface area (TPSA) is 64.0 Å². The summed E-state index contributed by atoms with van der Waals surface area (Å²) in [5, 5.41) is 7.05. The molecule has 3 rings (SSSR count). The van der Waals surface area contributed by atoms with Crippen LogP contribution in [0.2, 0.25) is 5.02 Å². The molecule has 1 N–H and O–H groups in total. The molecule has 0 fully saturated rings. The van der Waals surface area contributed by atoms with Gasteiger partial charge in [0.2, 0.25) is 5.91 Å². The lowest BCUT2D eigenvalue weighted by Gasteiger charge is -2.15. The Morgan fingerprint density at radius 1 is 1.15 bits per heavy atom. The summed E-state index contributed by atoms with van der Waals surface area (Å²) in [5.74, 6) is -2.34. The van der Waals surface area contributed by atoms with Crippen LogP contribution in [0.5, 0.6) is 0 Å². The third-order valence-electron chi connectivity index (χ3n) is 3.88. The molecule has 0 saturated heterocycles. The predicted octanol–water partition coefficient (Wildman–Crippen LogP) is 4.04. The minimum Gasteiger partial charge on any atom is -0.322 e. The van der Waals surface area contributed by atoms with Crippen molar-refractivity contribution >= 4 is 23.2 Å². The molecular weight excluding hydrogens is 376 g/mol. The maximum absolute atomic E-state index is 13.7. The van der Waals surface area contributed by atoms with Crippen molar-refractivity contribution in [2.45, 2.75) is 13.0 Å². The number of aromatic nitrogens is 2. The van der Waals surface area contributed by atoms with Crippen LogP contribution in [0.3, 0.4) is 0 Å². The summed E-state index contributed by atoms with van der Waals surface area (Å²) in [4.78, 5) is 24.6. The van der Waals surface area contributed by atoms with Gasteiger partial charge < -0.3 is 5.32 Å². The molecule has 0 spiro atoms. The second-order valence-corrected chi connectivity index (χ2v) is 6.24. The Kier molecular flexibility index (Phi) is 5.32. The standard InChI is InChI=1S/C19H14ClF2N3O2/c1-11(19(27)23-17-6-5-14(21)10-15(17)22)25-18(26)8-7-16(24-25)12-3-2-4-13(20)9-12/h2-11H,1H3,(H,23,27)/t11-/m0/s1. The van der Waals surface area contributed by atoms with Gasteiger partial charge in [-0.3, -0.25) is 9.59 Å². The highest BCUT2D eigenvalue weighted by molar-refractivity contribution is 6.30. The highest BCUT2D eigenvalue weighted by atomic mass is 35.5. The third kappa shape index (κ3) is 4.20. The van der Waals surface area contributed by atoms with E-state index in [2.05, 4.69) is 10.4 Å². The average molecular weight is 390 g/mol. The van der Waals surface area contributed by atoms with E-state index in [1.54, 1.807) is 24.3 Å². The predicted molar refractivity (Wildman–Crippen MR) is 98.6 cm³/mol. The zero-order valence-corrected chi connectivity index (χ0v) is 14.9. The Balaban J connectivity index is 1.89. The van der Waals surface area contributed by atoms with E-state index in [0.717, 1.165) is 16.8 Å². The Hall–Kier alpha value is -3.06. The first-order chi connectivity index (χ1) is 12.8. The number of carbonyl (C=O) groups excluding carboxylic acids is 1. The highest BCUT2D eigenvalue weighted by Crippen LogP contribution is 2.21. The summed E-state index contributed by atoms with van der Waals surface area (Å²) in [7, 11) is 0. The molecular formula is C19H14ClF2N3O2. The van der Waals surface area contributed by atoms with Gasteiger partial charge in [0.05, 0.1) is 11.4 Å². The Morgan fingerprint density at radius 2 is 1.93 bits per heavy atom. The second-order valence-electron chi connectivity index (χ2n) is 5.80. The van der Waals surface area contributed by atoms with E-state index < -0.39 is 29.1 Å². The van der Waals surface area contributed by atoms with Crippen molar-refractivity contribution in [3.05, 3.63) is 81.6 Å². The largest absolute Gasteiger partial charge is 0.322 e. The van der Waals surface area contributed by atoms with Crippen molar-refractivity contribution in [2.24, 2.45) is 0 Å². The number of carbonyl (C=O) groups is 1. The maximum Gasteiger partial charge on any atom is 0.267 e. The van der Waals surface area contributed by atoms with Crippen LogP contribution >= 0.6 is 11.6 Å². The smallest absolute Gasteiger partial charge is 0.267 e. The van der Waals surface area contributed by atoms with Gasteiger partial charge in [0, 0.05) is 22.7 Å². The molecule has 27 heavy (non-hydrogen) atoms. The lowest BCUT2D eigenvalue weighted by Crippen LogP contribution is -2.33. The Morgan fingerprint density at radius 3 is 2.63 bits per heavy atom. The molecule has 0 unspecified atom stereocenters. The molecule has 0 aliphatic rings. The van der Waals surface area contributed by atoms with Crippen molar-refractivity contribution in [1.82, 2.24) is 9.78 Å². The minimum absolute atomic E-state index is 0.188. The minimum atomic E-state index is -1.03. The second kappa shape index (κ2) is 7.67. The molecule has 0 saturated carbocycles. The van der Waals surface area contributed by atoms with Crippen LogP contribution in [0.1, 0.15) is 13.0 Å². The lowest BCUT2D eigenvalue weighted by molar-refractivity contribution is -0.119. The monoisotopic (exact) mass is 389 g/mol. The fourth-order valence-corrected chi connectivity index (χ4v) is 2.63. The molecule has 1 aromatic heterocycles. The van der Waals surface area contributed by atoms with E-state index >= 15 is 0 Å². The molecule has 0 bridgehead atoms. The first kappa shape index (κ1) is 18.7. The fraction of sp³-hybridized carbons (Fsp3) is 0.105. The Labute approximate surface area is 158 Å². The molecule has 8 heteroatoms. The van der Waals surface area contributed by atoms with Gasteiger partial charge in [0.25, 0.3) is 5.56 Å². The Bertz CT molecular complexity index is 1070. The molecule has 0 radical (unpaired) electrons. The van der Waals surface area contributed by atoms with Crippen molar-refractivity contribution in [3.63, 3.8) is 0 Å². The molecule has 2 aromatic carbocycles. The van der Waals surface area contributed by atoms with Crippen LogP contribution in [0, 0.1) is 11.6 Å². The molecule has 1 atom stereocenters. The van der Waals surface area contributed by atoms with Gasteiger partial charge in [-0.1, -0.05) is 23.7 Å². The number of benzene rings is 2. The van der Waals surface area contributed by atoms with Gasteiger partial charge in [-0.2, -0.15) is 5.10 Å². The molecule has 138 valence electrons. The highest BCUT2D eigenvalue weighted by Gasteiger charge is 2.19. The average Bonchev–Trinajstić information content (AvgIpc) is 2.64. The van der Waals surface area contributed by atoms with Crippen molar-refractivity contribution in [1.29, 1.82) is 0 Å². The number of anilines is 1. The van der Waals surface area contributed by atoms with Gasteiger partial charge >= 0.3 is 0 Å². The number of hydrogen-bond acceptors (Lipinski definition) is 3. The van der Waals surface area contributed by atoms with E-state index in [4.69, 9.17) is 11.6 Å². The van der Waals surface area contributed by atoms with Gasteiger partial charge in [-0.25, -0.2) is 13.5 Å². The summed E-state index contributed by atoms with van der Waals surface area (Å²) in [6.45, 7) is 1.45. The summed E-state index contributed by atoms with van der Waals surface area (Å²) in [6.07, 6.45) is 0. The number of amides is 1. The number of halogens is 3. The van der Waals surface area contributed by atoms with Crippen molar-refractivity contribution in [3.8, 4) is 11.3 Å². The molecule has 1 heterocycles. The van der Waals surface area contributed by atoms with E-state index in [1.165, 1.54) is 19.1 Å². The zero-order valence-electron chi connectivity index (χ0n) is 14.1. The quantitative estimate of drug-likeness (QED) is 0.732. The van der Waals surface area contributed by atoms with Gasteiger partial charge in [-0.15, -0.1) is 0 Å². The summed E-state index contributed by atoms with van der Waals surface area (Å²) in [6, 6.07) is 11.4. The third-order valence-corrected chi connectivity index (χ3v) is 4.12. The van der Waals surface area contributed by atoms with Gasteiger partial charge in [0.1, 0.15) is 17.7 Å². The molecule has 3 aromatic rings. The summed E-state index contributed by atoms with van der Waals surface area (Å²) in [5.41, 5.74) is 0.438. The summed E-state index contributed by atoms with van der Waals surface area (Å²) < 4.78 is 27.7. The van der Waals surface area contributed by atoms with E-state index in [9.17, 15) is 18.4 Å². The van der Waals surface area contributed by atoms with Crippen LogP contribution in [-0.4, -0.2) is 15.7 Å². The van der Waals surface area contributed by atoms with Gasteiger partial charge in [0.15, 0.2) is 0 Å². The molecule has 5 nitrogen and oxygen atoms in total. The normalized spacial score (nSPS) is 11.9. The number of rotatable bonds is 4. The van der Waals surface area contributed by atoms with E-state index in [-0.39, 0.29) is 5.69 Å². The molecule has 0 aliphatic carbocycles. The first-order valence-electron chi connectivity index (χ1n) is 7.97. The number of nitrogens with zero attached hydrogens (tertiary/aromatic N) is 2. The van der Waals surface area contributed by atoms with Gasteiger partial charge in [-0.05, 0) is 37.3 Å². The maximum atomic E-state index is 13.7. The first-order valence-corrected chi connectivity index (χ1v) is 8.34. The van der Waals surface area contributed by atoms with E-state index in [0.29, 0.717) is 22.3 Å². The number of hydrogen-bond donors (Lipinski definition) is 1. The molecule has 0 aliphatic heterocycles. The zero-order chi connectivity index (χ0) is 19.6. The van der Waals surface area contributed by atoms with Crippen LogP contribution in [-0.2, 0) is 4.79 Å². The van der Waals surface area contributed by atoms with Crippen molar-refractivity contribution < 1.29 is 13.6 Å². The van der Waals surface area contributed by atoms with Crippen LogP contribution in [0.4, 0.5) is 14.5 Å².